The van der Waals surface area contributed by atoms with Crippen molar-refractivity contribution in [2.75, 3.05) is 13.2 Å². The van der Waals surface area contributed by atoms with Gasteiger partial charge >= 0.3 is 0 Å². The zero-order valence-corrected chi connectivity index (χ0v) is 20.9. The Balaban J connectivity index is 2.35. The van der Waals surface area contributed by atoms with E-state index in [-0.39, 0.29) is 24.0 Å². The highest BCUT2D eigenvalue weighted by Crippen LogP contribution is 2.41. The smallest absolute Gasteiger partial charge is 0.122 e. The average molecular weight is 443 g/mol. The van der Waals surface area contributed by atoms with Gasteiger partial charge in [0.05, 0.1) is 18.8 Å². The molecule has 2 aromatic carbocycles. The Kier molecular flexibility index (Phi) is 8.92. The first-order chi connectivity index (χ1) is 15.0. The zero-order valence-electron chi connectivity index (χ0n) is 20.9. The summed E-state index contributed by atoms with van der Waals surface area (Å²) in [4.78, 5) is 0. The van der Waals surface area contributed by atoms with Gasteiger partial charge in [0.25, 0.3) is 0 Å². The fourth-order valence-corrected chi connectivity index (χ4v) is 4.30. The van der Waals surface area contributed by atoms with Gasteiger partial charge in [-0.3, -0.25) is 0 Å². The molecule has 0 aromatic heterocycles. The van der Waals surface area contributed by atoms with Crippen molar-refractivity contribution in [1.82, 2.24) is 0 Å². The second-order valence-corrected chi connectivity index (χ2v) is 10.1. The molecule has 2 atom stereocenters. The van der Waals surface area contributed by atoms with Crippen molar-refractivity contribution < 1.29 is 20.1 Å². The van der Waals surface area contributed by atoms with E-state index in [1.54, 1.807) is 0 Å². The number of benzene rings is 2. The number of hydrogen-bond acceptors (Lipinski definition) is 4. The molecule has 4 heteroatoms. The molecule has 2 rings (SSSR count). The molecule has 0 saturated heterocycles. The van der Waals surface area contributed by atoms with Gasteiger partial charge in [-0.2, -0.15) is 0 Å². The van der Waals surface area contributed by atoms with Gasteiger partial charge in [-0.1, -0.05) is 65.0 Å². The molecule has 0 saturated carbocycles. The van der Waals surface area contributed by atoms with E-state index in [4.69, 9.17) is 4.74 Å². The van der Waals surface area contributed by atoms with E-state index in [1.807, 2.05) is 26.8 Å². The molecular formula is C28H42O4. The molecule has 0 aliphatic rings. The Labute approximate surface area is 194 Å². The summed E-state index contributed by atoms with van der Waals surface area (Å²) in [7, 11) is 0. The Morgan fingerprint density at radius 1 is 0.875 bits per heavy atom. The lowest BCUT2D eigenvalue weighted by atomic mass is 9.69. The summed E-state index contributed by atoms with van der Waals surface area (Å²) in [5, 5.41) is 29.3. The summed E-state index contributed by atoms with van der Waals surface area (Å²) in [6, 6.07) is 12.9. The SMILES string of the molecule is CCC(CC)(c1ccc(C[C@@H](O)CO)c(C)c1)c1ccc(OC[C@@H](O)C(C)(C)C)c(C)c1. The Bertz CT molecular complexity index is 877. The third kappa shape index (κ3) is 5.92. The molecule has 0 heterocycles. The summed E-state index contributed by atoms with van der Waals surface area (Å²) in [6.07, 6.45) is 1.12. The van der Waals surface area contributed by atoms with Crippen molar-refractivity contribution in [3.05, 3.63) is 64.2 Å². The van der Waals surface area contributed by atoms with Crippen molar-refractivity contribution in [2.45, 2.75) is 85.4 Å². The molecule has 32 heavy (non-hydrogen) atoms. The first-order valence-electron chi connectivity index (χ1n) is 11.8. The van der Waals surface area contributed by atoms with E-state index in [2.05, 4.69) is 58.0 Å². The molecule has 0 spiro atoms. The molecule has 0 amide bonds. The number of ether oxygens (including phenoxy) is 1. The lowest BCUT2D eigenvalue weighted by Crippen LogP contribution is -2.32. The summed E-state index contributed by atoms with van der Waals surface area (Å²) < 4.78 is 5.95. The first-order valence-corrected chi connectivity index (χ1v) is 11.8. The van der Waals surface area contributed by atoms with Crippen molar-refractivity contribution in [1.29, 1.82) is 0 Å². The summed E-state index contributed by atoms with van der Waals surface area (Å²) in [6.45, 7) is 14.6. The highest BCUT2D eigenvalue weighted by Gasteiger charge is 2.31. The molecular weight excluding hydrogens is 400 g/mol. The van der Waals surface area contributed by atoms with Crippen LogP contribution >= 0.6 is 0 Å². The van der Waals surface area contributed by atoms with Crippen LogP contribution in [0, 0.1) is 19.3 Å². The van der Waals surface area contributed by atoms with Crippen molar-refractivity contribution in [3.63, 3.8) is 0 Å². The first kappa shape index (κ1) is 26.4. The van der Waals surface area contributed by atoms with Crippen LogP contribution < -0.4 is 4.74 Å². The molecule has 0 aliphatic heterocycles. The highest BCUT2D eigenvalue weighted by atomic mass is 16.5. The third-order valence-corrected chi connectivity index (χ3v) is 6.89. The van der Waals surface area contributed by atoms with Crippen LogP contribution in [0.5, 0.6) is 5.75 Å². The van der Waals surface area contributed by atoms with Gasteiger partial charge in [-0.25, -0.2) is 0 Å². The van der Waals surface area contributed by atoms with E-state index >= 15 is 0 Å². The quantitative estimate of drug-likeness (QED) is 0.479. The minimum absolute atomic E-state index is 0.118. The van der Waals surface area contributed by atoms with Crippen LogP contribution in [0.15, 0.2) is 36.4 Å². The predicted octanol–water partition coefficient (Wildman–Crippen LogP) is 5.09. The number of hydrogen-bond donors (Lipinski definition) is 3. The van der Waals surface area contributed by atoms with Crippen LogP contribution in [0.25, 0.3) is 0 Å². The number of aryl methyl sites for hydroxylation is 2. The largest absolute Gasteiger partial charge is 0.491 e. The van der Waals surface area contributed by atoms with Gasteiger partial charge in [0.15, 0.2) is 0 Å². The van der Waals surface area contributed by atoms with Crippen LogP contribution in [-0.2, 0) is 11.8 Å². The molecule has 0 bridgehead atoms. The van der Waals surface area contributed by atoms with Crippen LogP contribution in [0.4, 0.5) is 0 Å². The minimum atomic E-state index is -0.728. The molecule has 178 valence electrons. The van der Waals surface area contributed by atoms with E-state index in [1.165, 1.54) is 11.1 Å². The summed E-state index contributed by atoms with van der Waals surface area (Å²) in [5.41, 5.74) is 5.44. The molecule has 0 unspecified atom stereocenters. The standard InChI is InChI=1S/C28H42O4/c1-8-28(9-2,22-11-10-21(19(3)14-22)16-24(30)17-29)23-12-13-25(20(4)15-23)32-18-26(31)27(5,6)7/h10-15,24,26,29-31H,8-9,16-18H2,1-7H3/t24-,26-/m1/s1. The maximum absolute atomic E-state index is 10.3. The Morgan fingerprint density at radius 2 is 1.44 bits per heavy atom. The molecule has 3 N–H and O–H groups in total. The Hall–Kier alpha value is -1.88. The van der Waals surface area contributed by atoms with Gasteiger partial charge in [-0.05, 0) is 66.0 Å². The minimum Gasteiger partial charge on any atom is -0.491 e. The average Bonchev–Trinajstić information content (AvgIpc) is 2.75. The van der Waals surface area contributed by atoms with Gasteiger partial charge in [0.2, 0.25) is 0 Å². The topological polar surface area (TPSA) is 69.9 Å². The monoisotopic (exact) mass is 442 g/mol. The van der Waals surface area contributed by atoms with Gasteiger partial charge in [-0.15, -0.1) is 0 Å². The number of aliphatic hydroxyl groups excluding tert-OH is 3. The summed E-state index contributed by atoms with van der Waals surface area (Å²) >= 11 is 0. The molecule has 2 aromatic rings. The number of rotatable bonds is 10. The van der Waals surface area contributed by atoms with Crippen LogP contribution in [0.2, 0.25) is 0 Å². The second kappa shape index (κ2) is 10.8. The van der Waals surface area contributed by atoms with E-state index < -0.39 is 12.2 Å². The number of aliphatic hydroxyl groups is 3. The Morgan fingerprint density at radius 3 is 1.91 bits per heavy atom. The summed E-state index contributed by atoms with van der Waals surface area (Å²) in [5.74, 6) is 0.808. The maximum atomic E-state index is 10.3. The van der Waals surface area contributed by atoms with Crippen LogP contribution in [0.1, 0.15) is 75.3 Å². The zero-order chi connectivity index (χ0) is 24.1. The van der Waals surface area contributed by atoms with Gasteiger partial charge < -0.3 is 20.1 Å². The van der Waals surface area contributed by atoms with Crippen molar-refractivity contribution in [3.8, 4) is 5.75 Å². The van der Waals surface area contributed by atoms with E-state index in [9.17, 15) is 15.3 Å². The predicted molar refractivity (Wildman–Crippen MR) is 131 cm³/mol. The third-order valence-electron chi connectivity index (χ3n) is 6.89. The second-order valence-electron chi connectivity index (χ2n) is 10.1. The fraction of sp³-hybridized carbons (Fsp3) is 0.571. The normalized spacial score (nSPS) is 14.3. The van der Waals surface area contributed by atoms with Crippen molar-refractivity contribution >= 4 is 0 Å². The van der Waals surface area contributed by atoms with Crippen molar-refractivity contribution in [2.24, 2.45) is 5.41 Å². The molecule has 0 radical (unpaired) electrons. The van der Waals surface area contributed by atoms with Gasteiger partial charge in [0, 0.05) is 11.8 Å². The molecule has 0 aliphatic carbocycles. The van der Waals surface area contributed by atoms with E-state index in [0.29, 0.717) is 6.42 Å². The van der Waals surface area contributed by atoms with Crippen LogP contribution in [0.3, 0.4) is 0 Å². The molecule has 0 fully saturated rings. The van der Waals surface area contributed by atoms with E-state index in [0.717, 1.165) is 35.3 Å². The maximum Gasteiger partial charge on any atom is 0.122 e. The van der Waals surface area contributed by atoms with Gasteiger partial charge in [0.1, 0.15) is 12.4 Å². The molecule has 4 nitrogen and oxygen atoms in total. The highest BCUT2D eigenvalue weighted by molar-refractivity contribution is 5.47. The lowest BCUT2D eigenvalue weighted by Gasteiger charge is -2.34. The lowest BCUT2D eigenvalue weighted by molar-refractivity contribution is 0.0216. The van der Waals surface area contributed by atoms with Crippen LogP contribution in [-0.4, -0.2) is 40.7 Å². The fourth-order valence-electron chi connectivity index (χ4n) is 4.30.